The summed E-state index contributed by atoms with van der Waals surface area (Å²) in [5.74, 6) is -0.0352. The largest absolute Gasteiger partial charge is 0.493 e. The van der Waals surface area contributed by atoms with Gasteiger partial charge in [-0.25, -0.2) is 9.78 Å². The lowest BCUT2D eigenvalue weighted by atomic mass is 9.95. The summed E-state index contributed by atoms with van der Waals surface area (Å²) in [6, 6.07) is 8.14. The molecule has 1 N–H and O–H groups in total. The van der Waals surface area contributed by atoms with Gasteiger partial charge in [0.25, 0.3) is 0 Å². The number of carboxylic acid groups (broad SMARTS) is 1. The number of aromatic nitrogens is 2. The van der Waals surface area contributed by atoms with Gasteiger partial charge in [0.15, 0.2) is 6.10 Å². The molecule has 0 amide bonds. The first-order valence-electron chi connectivity index (χ1n) is 10.7. The second-order valence-corrected chi connectivity index (χ2v) is 9.28. The summed E-state index contributed by atoms with van der Waals surface area (Å²) in [4.78, 5) is 16.7. The van der Waals surface area contributed by atoms with E-state index in [9.17, 15) is 9.90 Å². The molecule has 3 aromatic rings. The van der Waals surface area contributed by atoms with Gasteiger partial charge in [-0.05, 0) is 82.9 Å². The molecule has 0 saturated heterocycles. The normalized spacial score (nSPS) is 14.9. The Morgan fingerprint density at radius 3 is 2.68 bits per heavy atom. The fraction of sp³-hybridized carbons (Fsp3) is 0.440. The molecule has 0 spiro atoms. The number of rotatable bonds is 4. The fourth-order valence-electron chi connectivity index (χ4n) is 4.37. The van der Waals surface area contributed by atoms with Gasteiger partial charge >= 0.3 is 5.97 Å². The van der Waals surface area contributed by atoms with Crippen molar-refractivity contribution >= 4 is 17.0 Å². The molecule has 0 aliphatic carbocycles. The minimum absolute atomic E-state index is 0.586. The summed E-state index contributed by atoms with van der Waals surface area (Å²) in [6.07, 6.45) is 0.981. The number of ether oxygens (including phenoxy) is 2. The van der Waals surface area contributed by atoms with Gasteiger partial charge in [-0.15, -0.1) is 0 Å². The van der Waals surface area contributed by atoms with Crippen LogP contribution < -0.4 is 4.74 Å². The number of aliphatic carboxylic acids is 1. The van der Waals surface area contributed by atoms with E-state index in [0.717, 1.165) is 47.5 Å². The van der Waals surface area contributed by atoms with Crippen molar-refractivity contribution < 1.29 is 19.4 Å². The number of aryl methyl sites for hydroxylation is 2. The van der Waals surface area contributed by atoms with Crippen LogP contribution in [0.1, 0.15) is 55.7 Å². The van der Waals surface area contributed by atoms with Crippen molar-refractivity contribution in [3.05, 3.63) is 46.6 Å². The minimum Gasteiger partial charge on any atom is -0.493 e. The molecule has 31 heavy (non-hydrogen) atoms. The number of benzene rings is 1. The van der Waals surface area contributed by atoms with Crippen LogP contribution in [0.2, 0.25) is 0 Å². The van der Waals surface area contributed by atoms with Gasteiger partial charge in [0.2, 0.25) is 0 Å². The van der Waals surface area contributed by atoms with Crippen LogP contribution >= 0.6 is 0 Å². The van der Waals surface area contributed by atoms with Crippen LogP contribution in [0.5, 0.6) is 5.75 Å². The predicted octanol–water partition coefficient (Wildman–Crippen LogP) is 5.12. The number of carbonyl (C=O) groups is 1. The number of fused-ring (bicyclic) bond motifs is 2. The number of nitrogens with zero attached hydrogens (tertiary/aromatic N) is 2. The molecular formula is C25H30N2O4. The second-order valence-electron chi connectivity index (χ2n) is 9.28. The highest BCUT2D eigenvalue weighted by molar-refractivity contribution is 5.87. The third-order valence-corrected chi connectivity index (χ3v) is 5.87. The van der Waals surface area contributed by atoms with Crippen molar-refractivity contribution in [3.63, 3.8) is 0 Å². The van der Waals surface area contributed by atoms with Crippen LogP contribution in [-0.2, 0) is 23.0 Å². The van der Waals surface area contributed by atoms with Gasteiger partial charge in [0, 0.05) is 29.3 Å². The van der Waals surface area contributed by atoms with Crippen molar-refractivity contribution in [1.29, 1.82) is 0 Å². The summed E-state index contributed by atoms with van der Waals surface area (Å²) in [7, 11) is 2.00. The van der Waals surface area contributed by atoms with Gasteiger partial charge in [0.05, 0.1) is 17.9 Å². The molecule has 0 saturated carbocycles. The van der Waals surface area contributed by atoms with Crippen LogP contribution in [0.4, 0.5) is 0 Å². The maximum atomic E-state index is 12.0. The quantitative estimate of drug-likeness (QED) is 0.631. The monoisotopic (exact) mass is 422 g/mol. The van der Waals surface area contributed by atoms with Gasteiger partial charge in [-0.2, -0.15) is 0 Å². The SMILES string of the molecule is Cc1nc2c(cc1[C@H](OC(C)(C)C)C(=O)O)cc(-c1ccc3c(c1C)CCCO3)n2C. The molecule has 1 aromatic carbocycles. The molecule has 6 nitrogen and oxygen atoms in total. The van der Waals surface area contributed by atoms with Crippen molar-refractivity contribution in [3.8, 4) is 17.0 Å². The zero-order valence-corrected chi connectivity index (χ0v) is 19.1. The van der Waals surface area contributed by atoms with Crippen molar-refractivity contribution in [2.75, 3.05) is 6.61 Å². The summed E-state index contributed by atoms with van der Waals surface area (Å²) >= 11 is 0. The predicted molar refractivity (Wildman–Crippen MR) is 121 cm³/mol. The molecule has 1 aliphatic rings. The summed E-state index contributed by atoms with van der Waals surface area (Å²) in [6.45, 7) is 10.3. The highest BCUT2D eigenvalue weighted by atomic mass is 16.5. The Balaban J connectivity index is 1.84. The van der Waals surface area contributed by atoms with E-state index in [1.54, 1.807) is 0 Å². The van der Waals surface area contributed by atoms with Crippen molar-refractivity contribution in [2.45, 2.75) is 59.2 Å². The van der Waals surface area contributed by atoms with E-state index >= 15 is 0 Å². The molecule has 0 unspecified atom stereocenters. The Kier molecular flexibility index (Phi) is 5.30. The molecule has 3 heterocycles. The van der Waals surface area contributed by atoms with E-state index in [-0.39, 0.29) is 0 Å². The lowest BCUT2D eigenvalue weighted by molar-refractivity contribution is -0.160. The number of pyridine rings is 1. The highest BCUT2D eigenvalue weighted by Crippen LogP contribution is 2.37. The van der Waals surface area contributed by atoms with E-state index in [4.69, 9.17) is 14.5 Å². The first kappa shape index (κ1) is 21.4. The second kappa shape index (κ2) is 7.68. The van der Waals surface area contributed by atoms with E-state index in [1.807, 2.05) is 40.8 Å². The molecular weight excluding hydrogens is 392 g/mol. The molecule has 4 rings (SSSR count). The standard InChI is InChI=1S/C25H30N2O4/c1-14-17(9-10-21-18(14)8-7-11-30-21)20-13-16-12-19(15(2)26-23(16)27(20)6)22(24(28)29)31-25(3,4)5/h9-10,12-13,22H,7-8,11H2,1-6H3,(H,28,29)/t22-/m0/s1. The topological polar surface area (TPSA) is 73.6 Å². The lowest BCUT2D eigenvalue weighted by Crippen LogP contribution is -2.28. The fourth-order valence-corrected chi connectivity index (χ4v) is 4.37. The Morgan fingerprint density at radius 1 is 1.26 bits per heavy atom. The third-order valence-electron chi connectivity index (χ3n) is 5.87. The lowest BCUT2D eigenvalue weighted by Gasteiger charge is -2.25. The average Bonchev–Trinajstić information content (AvgIpc) is 3.01. The maximum Gasteiger partial charge on any atom is 0.337 e. The molecule has 1 aliphatic heterocycles. The maximum absolute atomic E-state index is 12.0. The molecule has 0 fully saturated rings. The number of hydrogen-bond donors (Lipinski definition) is 1. The van der Waals surface area contributed by atoms with Crippen molar-refractivity contribution in [2.24, 2.45) is 7.05 Å². The van der Waals surface area contributed by atoms with Crippen LogP contribution in [0.3, 0.4) is 0 Å². The minimum atomic E-state index is -1.07. The number of carboxylic acids is 1. The third kappa shape index (κ3) is 3.92. The summed E-state index contributed by atoms with van der Waals surface area (Å²) in [5.41, 5.74) is 6.16. The number of hydrogen-bond acceptors (Lipinski definition) is 4. The zero-order chi connectivity index (χ0) is 22.5. The Bertz CT molecular complexity index is 1170. The molecule has 6 heteroatoms. The van der Waals surface area contributed by atoms with Gasteiger partial charge in [0.1, 0.15) is 11.4 Å². The van der Waals surface area contributed by atoms with Crippen LogP contribution in [-0.4, -0.2) is 32.8 Å². The van der Waals surface area contributed by atoms with E-state index in [1.165, 1.54) is 11.1 Å². The Hall–Kier alpha value is -2.86. The van der Waals surface area contributed by atoms with Gasteiger partial charge in [-0.3, -0.25) is 0 Å². The first-order chi connectivity index (χ1) is 14.6. The van der Waals surface area contributed by atoms with Crippen molar-refractivity contribution in [1.82, 2.24) is 9.55 Å². The summed E-state index contributed by atoms with van der Waals surface area (Å²) < 4.78 is 13.7. The van der Waals surface area contributed by atoms with Gasteiger partial charge in [-0.1, -0.05) is 0 Å². The van der Waals surface area contributed by atoms with Crippen LogP contribution in [0.15, 0.2) is 24.3 Å². The molecule has 164 valence electrons. The van der Waals surface area contributed by atoms with E-state index in [0.29, 0.717) is 11.3 Å². The van der Waals surface area contributed by atoms with Crippen LogP contribution in [0, 0.1) is 13.8 Å². The molecule has 2 aromatic heterocycles. The van der Waals surface area contributed by atoms with Crippen LogP contribution in [0.25, 0.3) is 22.3 Å². The van der Waals surface area contributed by atoms with E-state index < -0.39 is 17.7 Å². The molecule has 0 radical (unpaired) electrons. The Morgan fingerprint density at radius 2 is 2.00 bits per heavy atom. The Labute approximate surface area is 182 Å². The van der Waals surface area contributed by atoms with E-state index in [2.05, 4.69) is 29.7 Å². The molecule has 0 bridgehead atoms. The molecule has 1 atom stereocenters. The highest BCUT2D eigenvalue weighted by Gasteiger charge is 2.29. The van der Waals surface area contributed by atoms with Gasteiger partial charge < -0.3 is 19.1 Å². The average molecular weight is 423 g/mol. The summed E-state index contributed by atoms with van der Waals surface area (Å²) in [5, 5.41) is 10.7. The first-order valence-corrected chi connectivity index (χ1v) is 10.7. The smallest absolute Gasteiger partial charge is 0.337 e. The zero-order valence-electron chi connectivity index (χ0n) is 19.1.